The molecule has 0 unspecified atom stereocenters. The average Bonchev–Trinajstić information content (AvgIpc) is 2.67. The second kappa shape index (κ2) is 7.97. The van der Waals surface area contributed by atoms with E-state index in [-0.39, 0.29) is 10.6 Å². The van der Waals surface area contributed by atoms with E-state index < -0.39 is 10.0 Å². The zero-order valence-corrected chi connectivity index (χ0v) is 17.0. The minimum atomic E-state index is -3.82. The smallest absolute Gasteiger partial charge is 0.237 e. The quantitative estimate of drug-likeness (QED) is 0.776. The van der Waals surface area contributed by atoms with Gasteiger partial charge in [-0.2, -0.15) is 9.57 Å². The second-order valence-corrected chi connectivity index (χ2v) is 9.20. The highest BCUT2D eigenvalue weighted by atomic mass is 35.5. The fourth-order valence-electron chi connectivity index (χ4n) is 3.54. The Kier molecular flexibility index (Phi) is 5.85. The van der Waals surface area contributed by atoms with Crippen molar-refractivity contribution in [2.45, 2.75) is 38.1 Å². The van der Waals surface area contributed by atoms with Crippen molar-refractivity contribution in [1.29, 1.82) is 5.26 Å². The number of pyridine rings is 1. The van der Waals surface area contributed by atoms with Gasteiger partial charge < -0.3 is 0 Å². The lowest BCUT2D eigenvalue weighted by molar-refractivity contribution is 0.272. The van der Waals surface area contributed by atoms with E-state index in [0.717, 1.165) is 19.3 Å². The molecule has 0 aliphatic carbocycles. The van der Waals surface area contributed by atoms with Crippen molar-refractivity contribution in [3.8, 4) is 6.07 Å². The van der Waals surface area contributed by atoms with Crippen molar-refractivity contribution in [2.24, 2.45) is 5.92 Å². The Balaban J connectivity index is 1.79. The van der Waals surface area contributed by atoms with Crippen LogP contribution in [0, 0.1) is 31.1 Å². The molecule has 1 aliphatic rings. The highest BCUT2D eigenvalue weighted by molar-refractivity contribution is 7.89. The topological polar surface area (TPSA) is 74.1 Å². The Morgan fingerprint density at radius 3 is 2.44 bits per heavy atom. The molecule has 5 nitrogen and oxygen atoms in total. The van der Waals surface area contributed by atoms with E-state index in [2.05, 4.69) is 17.1 Å². The molecule has 27 heavy (non-hydrogen) atoms. The van der Waals surface area contributed by atoms with Gasteiger partial charge >= 0.3 is 0 Å². The highest BCUT2D eigenvalue weighted by Crippen LogP contribution is 2.30. The van der Waals surface area contributed by atoms with E-state index in [4.69, 9.17) is 11.6 Å². The number of hydrogen-bond donors (Lipinski definition) is 0. The van der Waals surface area contributed by atoms with Gasteiger partial charge in [0.2, 0.25) is 0 Å². The van der Waals surface area contributed by atoms with E-state index in [0.29, 0.717) is 35.3 Å². The highest BCUT2D eigenvalue weighted by Gasteiger charge is 2.33. The van der Waals surface area contributed by atoms with Gasteiger partial charge in [-0.25, -0.2) is 13.4 Å². The molecular weight excluding hydrogens is 382 g/mol. The Bertz CT molecular complexity index is 977. The lowest BCUT2D eigenvalue weighted by atomic mass is 9.91. The van der Waals surface area contributed by atoms with Gasteiger partial charge in [-0.05, 0) is 50.2 Å². The zero-order chi connectivity index (χ0) is 19.6. The van der Waals surface area contributed by atoms with E-state index in [1.165, 1.54) is 9.87 Å². The Labute approximate surface area is 165 Å². The summed E-state index contributed by atoms with van der Waals surface area (Å²) in [4.78, 5) is 4.15. The number of aryl methyl sites for hydroxylation is 1. The first kappa shape index (κ1) is 19.8. The summed E-state index contributed by atoms with van der Waals surface area (Å²) in [7, 11) is -3.82. The molecular formula is C20H22ClN3O2S. The molecule has 1 aliphatic heterocycles. The Hall–Kier alpha value is -1.94. The van der Waals surface area contributed by atoms with Crippen LogP contribution in [0.25, 0.3) is 0 Å². The number of benzene rings is 1. The van der Waals surface area contributed by atoms with Gasteiger partial charge in [0.25, 0.3) is 10.0 Å². The van der Waals surface area contributed by atoms with Crippen molar-refractivity contribution < 1.29 is 8.42 Å². The van der Waals surface area contributed by atoms with Crippen LogP contribution in [0.3, 0.4) is 0 Å². The maximum atomic E-state index is 13.1. The molecule has 1 fully saturated rings. The maximum Gasteiger partial charge on any atom is 0.261 e. The molecule has 0 N–H and O–H groups in total. The van der Waals surface area contributed by atoms with Gasteiger partial charge in [-0.15, -0.1) is 0 Å². The summed E-state index contributed by atoms with van der Waals surface area (Å²) in [6, 6.07) is 12.2. The molecule has 2 heterocycles. The first-order valence-electron chi connectivity index (χ1n) is 8.95. The molecule has 0 atom stereocenters. The van der Waals surface area contributed by atoms with E-state index in [9.17, 15) is 13.7 Å². The molecule has 1 saturated heterocycles. The molecule has 0 spiro atoms. The van der Waals surface area contributed by atoms with Crippen molar-refractivity contribution in [1.82, 2.24) is 9.29 Å². The first-order chi connectivity index (χ1) is 12.8. The fourth-order valence-corrected chi connectivity index (χ4v) is 5.32. The normalized spacial score (nSPS) is 16.2. The molecule has 0 saturated carbocycles. The molecule has 7 heteroatoms. The monoisotopic (exact) mass is 403 g/mol. The number of rotatable bonds is 4. The number of sulfonamides is 1. The largest absolute Gasteiger partial charge is 0.261 e. The van der Waals surface area contributed by atoms with Crippen molar-refractivity contribution >= 4 is 21.6 Å². The minimum absolute atomic E-state index is 0.0389. The summed E-state index contributed by atoms with van der Waals surface area (Å²) in [5.74, 6) is 0.455. The van der Waals surface area contributed by atoms with Crippen LogP contribution in [-0.2, 0) is 16.4 Å². The molecule has 0 amide bonds. The summed E-state index contributed by atoms with van der Waals surface area (Å²) < 4.78 is 27.7. The molecule has 0 radical (unpaired) electrons. The van der Waals surface area contributed by atoms with Gasteiger partial charge in [0.05, 0.1) is 16.3 Å². The standard InChI is InChI=1S/C20H22ClN3O2S/c1-14-18(13-22)20(23-15(2)19(14)21)27(25,26)24-10-8-17(9-11-24)12-16-6-4-3-5-7-16/h3-7,17H,8-12H2,1-2H3. The van der Waals surface area contributed by atoms with Crippen molar-refractivity contribution in [3.63, 3.8) is 0 Å². The Morgan fingerprint density at radius 1 is 1.22 bits per heavy atom. The lowest BCUT2D eigenvalue weighted by Crippen LogP contribution is -2.39. The number of piperidine rings is 1. The molecule has 1 aromatic carbocycles. The number of aromatic nitrogens is 1. The Morgan fingerprint density at radius 2 is 1.85 bits per heavy atom. The predicted octanol–water partition coefficient (Wildman–Crippen LogP) is 3.87. The third-order valence-electron chi connectivity index (χ3n) is 5.14. The molecule has 3 rings (SSSR count). The number of nitriles is 1. The molecule has 142 valence electrons. The summed E-state index contributed by atoms with van der Waals surface area (Å²) in [5, 5.41) is 9.62. The van der Waals surface area contributed by atoms with E-state index >= 15 is 0 Å². The van der Waals surface area contributed by atoms with Gasteiger partial charge in [-0.3, -0.25) is 0 Å². The fraction of sp³-hybridized carbons (Fsp3) is 0.400. The van der Waals surface area contributed by atoms with Crippen LogP contribution in [-0.4, -0.2) is 30.8 Å². The predicted molar refractivity (Wildman–Crippen MR) is 105 cm³/mol. The minimum Gasteiger partial charge on any atom is -0.237 e. The second-order valence-electron chi connectivity index (χ2n) is 6.97. The van der Waals surface area contributed by atoms with Gasteiger partial charge in [-0.1, -0.05) is 41.9 Å². The maximum absolute atomic E-state index is 13.1. The van der Waals surface area contributed by atoms with Crippen LogP contribution < -0.4 is 0 Å². The number of halogens is 1. The number of nitrogens with zero attached hydrogens (tertiary/aromatic N) is 3. The molecule has 0 bridgehead atoms. The zero-order valence-electron chi connectivity index (χ0n) is 15.4. The van der Waals surface area contributed by atoms with Crippen LogP contribution in [0.5, 0.6) is 0 Å². The van der Waals surface area contributed by atoms with Gasteiger partial charge in [0, 0.05) is 13.1 Å². The van der Waals surface area contributed by atoms with E-state index in [1.807, 2.05) is 24.3 Å². The summed E-state index contributed by atoms with van der Waals surface area (Å²) in [5.41, 5.74) is 2.20. The van der Waals surface area contributed by atoms with Crippen LogP contribution in [0.4, 0.5) is 0 Å². The average molecular weight is 404 g/mol. The van der Waals surface area contributed by atoms with E-state index in [1.54, 1.807) is 13.8 Å². The lowest BCUT2D eigenvalue weighted by Gasteiger charge is -2.31. The number of hydrogen-bond acceptors (Lipinski definition) is 4. The molecule has 1 aromatic heterocycles. The van der Waals surface area contributed by atoms with Crippen molar-refractivity contribution in [3.05, 3.63) is 57.7 Å². The van der Waals surface area contributed by atoms with Gasteiger partial charge in [0.15, 0.2) is 5.03 Å². The summed E-state index contributed by atoms with van der Waals surface area (Å²) in [6.45, 7) is 4.18. The third kappa shape index (κ3) is 4.01. The van der Waals surface area contributed by atoms with Crippen LogP contribution in [0.1, 0.15) is 35.2 Å². The van der Waals surface area contributed by atoms with Crippen LogP contribution in [0.2, 0.25) is 5.02 Å². The van der Waals surface area contributed by atoms with Crippen LogP contribution >= 0.6 is 11.6 Å². The molecule has 2 aromatic rings. The van der Waals surface area contributed by atoms with Crippen LogP contribution in [0.15, 0.2) is 35.4 Å². The first-order valence-corrected chi connectivity index (χ1v) is 10.8. The summed E-state index contributed by atoms with van der Waals surface area (Å²) in [6.07, 6.45) is 2.54. The van der Waals surface area contributed by atoms with Gasteiger partial charge in [0.1, 0.15) is 6.07 Å². The van der Waals surface area contributed by atoms with Crippen molar-refractivity contribution in [2.75, 3.05) is 13.1 Å². The SMILES string of the molecule is Cc1nc(S(=O)(=O)N2CCC(Cc3ccccc3)CC2)c(C#N)c(C)c1Cl. The summed E-state index contributed by atoms with van der Waals surface area (Å²) >= 11 is 6.14. The third-order valence-corrected chi connectivity index (χ3v) is 7.53.